The summed E-state index contributed by atoms with van der Waals surface area (Å²) in [5.74, 6) is -0.304. The van der Waals surface area contributed by atoms with Crippen molar-refractivity contribution in [1.29, 1.82) is 0 Å². The fraction of sp³-hybridized carbons (Fsp3) is 0.261. The molecule has 3 aromatic rings. The van der Waals surface area contributed by atoms with Crippen LogP contribution in [0.5, 0.6) is 0 Å². The number of carbonyl (C=O) groups excluding carboxylic acids is 1. The summed E-state index contributed by atoms with van der Waals surface area (Å²) in [5, 5.41) is 5.25. The standard InChI is InChI=1S/C23H22N2O3S/c26-23(18-6-3-7-19(15-18)29(27,28)25-13-1-2-14-25)24-21-12-11-17-10-9-16-5-4-8-20(21)22(16)17/h3-8,11-12,15H,1-2,9-10,13-14H2,(H,24,26). The third-order valence-electron chi connectivity index (χ3n) is 5.92. The van der Waals surface area contributed by atoms with Gasteiger partial charge >= 0.3 is 0 Å². The maximum Gasteiger partial charge on any atom is 0.255 e. The molecule has 0 spiro atoms. The van der Waals surface area contributed by atoms with Crippen LogP contribution in [0, 0.1) is 0 Å². The first kappa shape index (κ1) is 18.3. The van der Waals surface area contributed by atoms with Gasteiger partial charge in [-0.15, -0.1) is 0 Å². The summed E-state index contributed by atoms with van der Waals surface area (Å²) in [5.41, 5.74) is 3.72. The number of benzene rings is 3. The van der Waals surface area contributed by atoms with E-state index in [1.807, 2.05) is 18.2 Å². The van der Waals surface area contributed by atoms with Crippen LogP contribution in [0.4, 0.5) is 5.69 Å². The molecule has 1 N–H and O–H groups in total. The largest absolute Gasteiger partial charge is 0.321 e. The molecule has 6 heteroatoms. The Hall–Kier alpha value is -2.70. The number of aryl methyl sites for hydroxylation is 2. The monoisotopic (exact) mass is 406 g/mol. The van der Waals surface area contributed by atoms with Crippen LogP contribution in [-0.4, -0.2) is 31.7 Å². The van der Waals surface area contributed by atoms with Gasteiger partial charge in [0.25, 0.3) is 5.91 Å². The normalized spacial score (nSPS) is 16.4. The molecule has 0 atom stereocenters. The lowest BCUT2D eigenvalue weighted by molar-refractivity contribution is 0.102. The number of hydrogen-bond donors (Lipinski definition) is 1. The molecule has 1 saturated heterocycles. The fourth-order valence-electron chi connectivity index (χ4n) is 4.43. The van der Waals surface area contributed by atoms with Crippen molar-refractivity contribution in [3.05, 3.63) is 71.3 Å². The van der Waals surface area contributed by atoms with Gasteiger partial charge in [0.2, 0.25) is 10.0 Å². The second-order valence-electron chi connectivity index (χ2n) is 7.71. The van der Waals surface area contributed by atoms with Crippen LogP contribution >= 0.6 is 0 Å². The van der Waals surface area contributed by atoms with Crippen LogP contribution in [-0.2, 0) is 22.9 Å². The molecular weight excluding hydrogens is 384 g/mol. The topological polar surface area (TPSA) is 66.5 Å². The van der Waals surface area contributed by atoms with Crippen molar-refractivity contribution in [2.75, 3.05) is 18.4 Å². The van der Waals surface area contributed by atoms with Crippen LogP contribution in [0.3, 0.4) is 0 Å². The van der Waals surface area contributed by atoms with E-state index in [1.165, 1.54) is 26.9 Å². The van der Waals surface area contributed by atoms with E-state index in [4.69, 9.17) is 0 Å². The lowest BCUT2D eigenvalue weighted by Gasteiger charge is -2.16. The summed E-state index contributed by atoms with van der Waals surface area (Å²) in [4.78, 5) is 13.1. The lowest BCUT2D eigenvalue weighted by atomic mass is 10.0. The minimum Gasteiger partial charge on any atom is -0.321 e. The maximum absolute atomic E-state index is 12.9. The second kappa shape index (κ2) is 6.97. The van der Waals surface area contributed by atoms with Crippen LogP contribution in [0.2, 0.25) is 0 Å². The van der Waals surface area contributed by atoms with E-state index in [-0.39, 0.29) is 10.8 Å². The van der Waals surface area contributed by atoms with Crippen molar-refractivity contribution in [3.63, 3.8) is 0 Å². The SMILES string of the molecule is O=C(Nc1ccc2c3c(cccc13)CC2)c1cccc(S(=O)(=O)N2CCCC2)c1. The highest BCUT2D eigenvalue weighted by Gasteiger charge is 2.27. The zero-order valence-electron chi connectivity index (χ0n) is 16.0. The lowest BCUT2D eigenvalue weighted by Crippen LogP contribution is -2.28. The first-order valence-electron chi connectivity index (χ1n) is 9.99. The molecule has 29 heavy (non-hydrogen) atoms. The van der Waals surface area contributed by atoms with Crippen molar-refractivity contribution in [2.45, 2.75) is 30.6 Å². The predicted molar refractivity (Wildman–Crippen MR) is 114 cm³/mol. The van der Waals surface area contributed by atoms with Crippen molar-refractivity contribution >= 4 is 32.4 Å². The Morgan fingerprint density at radius 3 is 2.41 bits per heavy atom. The minimum atomic E-state index is -3.55. The van der Waals surface area contributed by atoms with Gasteiger partial charge < -0.3 is 5.32 Å². The van der Waals surface area contributed by atoms with E-state index in [2.05, 4.69) is 17.4 Å². The Kier molecular flexibility index (Phi) is 4.41. The van der Waals surface area contributed by atoms with Crippen LogP contribution in [0.1, 0.15) is 34.3 Å². The molecule has 1 aliphatic heterocycles. The third kappa shape index (κ3) is 3.12. The molecule has 1 amide bonds. The Bertz CT molecular complexity index is 1220. The number of nitrogens with zero attached hydrogens (tertiary/aromatic N) is 1. The average Bonchev–Trinajstić information content (AvgIpc) is 3.42. The smallest absolute Gasteiger partial charge is 0.255 e. The van der Waals surface area contributed by atoms with Crippen LogP contribution in [0.25, 0.3) is 10.8 Å². The molecule has 1 heterocycles. The molecule has 5 nitrogen and oxygen atoms in total. The van der Waals surface area contributed by atoms with Gasteiger partial charge in [-0.3, -0.25) is 4.79 Å². The summed E-state index contributed by atoms with van der Waals surface area (Å²) in [6, 6.07) is 16.5. The zero-order valence-corrected chi connectivity index (χ0v) is 16.8. The third-order valence-corrected chi connectivity index (χ3v) is 7.82. The van der Waals surface area contributed by atoms with E-state index in [9.17, 15) is 13.2 Å². The highest BCUT2D eigenvalue weighted by atomic mass is 32.2. The quantitative estimate of drug-likeness (QED) is 0.713. The zero-order chi connectivity index (χ0) is 20.0. The fourth-order valence-corrected chi connectivity index (χ4v) is 5.99. The first-order valence-corrected chi connectivity index (χ1v) is 11.4. The Balaban J connectivity index is 1.46. The molecule has 0 bridgehead atoms. The Morgan fingerprint density at radius 2 is 1.62 bits per heavy atom. The van der Waals surface area contributed by atoms with Crippen molar-refractivity contribution in [2.24, 2.45) is 0 Å². The van der Waals surface area contributed by atoms with Gasteiger partial charge in [-0.2, -0.15) is 4.31 Å². The van der Waals surface area contributed by atoms with Gasteiger partial charge in [-0.25, -0.2) is 8.42 Å². The van der Waals surface area contributed by atoms with Crippen molar-refractivity contribution in [3.8, 4) is 0 Å². The summed E-state index contributed by atoms with van der Waals surface area (Å²) in [6.45, 7) is 1.08. The molecule has 2 aliphatic rings. The molecule has 1 fully saturated rings. The van der Waals surface area contributed by atoms with E-state index in [0.29, 0.717) is 18.7 Å². The molecular formula is C23H22N2O3S. The Labute approximate surface area is 170 Å². The number of rotatable bonds is 4. The van der Waals surface area contributed by atoms with E-state index in [1.54, 1.807) is 18.2 Å². The number of sulfonamides is 1. The molecule has 3 aromatic carbocycles. The van der Waals surface area contributed by atoms with Gasteiger partial charge in [0.05, 0.1) is 4.90 Å². The number of carbonyl (C=O) groups is 1. The average molecular weight is 407 g/mol. The number of nitrogens with one attached hydrogen (secondary N) is 1. The summed E-state index contributed by atoms with van der Waals surface area (Å²) in [7, 11) is -3.55. The molecule has 5 rings (SSSR count). The highest BCUT2D eigenvalue weighted by molar-refractivity contribution is 7.89. The van der Waals surface area contributed by atoms with Crippen LogP contribution in [0.15, 0.2) is 59.5 Å². The van der Waals surface area contributed by atoms with Crippen molar-refractivity contribution < 1.29 is 13.2 Å². The van der Waals surface area contributed by atoms with E-state index in [0.717, 1.165) is 36.8 Å². The number of anilines is 1. The molecule has 0 aromatic heterocycles. The van der Waals surface area contributed by atoms with Gasteiger partial charge in [-0.05, 0) is 66.5 Å². The predicted octanol–water partition coefficient (Wildman–Crippen LogP) is 3.98. The van der Waals surface area contributed by atoms with Gasteiger partial charge in [0.1, 0.15) is 0 Å². The van der Waals surface area contributed by atoms with Gasteiger partial charge in [-0.1, -0.05) is 30.3 Å². The molecule has 1 aliphatic carbocycles. The minimum absolute atomic E-state index is 0.174. The molecule has 0 saturated carbocycles. The van der Waals surface area contributed by atoms with Crippen LogP contribution < -0.4 is 5.32 Å². The molecule has 148 valence electrons. The maximum atomic E-state index is 12.9. The number of amides is 1. The van der Waals surface area contributed by atoms with E-state index >= 15 is 0 Å². The summed E-state index contributed by atoms with van der Waals surface area (Å²) < 4.78 is 27.1. The summed E-state index contributed by atoms with van der Waals surface area (Å²) in [6.07, 6.45) is 3.82. The van der Waals surface area contributed by atoms with Gasteiger partial charge in [0, 0.05) is 29.7 Å². The summed E-state index contributed by atoms with van der Waals surface area (Å²) >= 11 is 0. The van der Waals surface area contributed by atoms with E-state index < -0.39 is 10.0 Å². The van der Waals surface area contributed by atoms with Gasteiger partial charge in [0.15, 0.2) is 0 Å². The highest BCUT2D eigenvalue weighted by Crippen LogP contribution is 2.35. The number of hydrogen-bond acceptors (Lipinski definition) is 3. The van der Waals surface area contributed by atoms with Crippen molar-refractivity contribution in [1.82, 2.24) is 4.31 Å². The Morgan fingerprint density at radius 1 is 0.897 bits per heavy atom. The molecule has 0 radical (unpaired) electrons. The molecule has 0 unspecified atom stereocenters. The second-order valence-corrected chi connectivity index (χ2v) is 9.64. The first-order chi connectivity index (χ1) is 14.0.